The standard InChI is InChI=1S/C16H13BrN2O2/c17-14-9-13(8-7-12(14)10-18)19-15(16(20)21)11-5-3-1-2-4-6-11/h1-9,11,15,19H,(H,20,21). The lowest BCUT2D eigenvalue weighted by Crippen LogP contribution is -2.35. The Kier molecular flexibility index (Phi) is 4.96. The molecule has 0 aliphatic heterocycles. The van der Waals surface area contributed by atoms with Crippen molar-refractivity contribution in [2.75, 3.05) is 5.32 Å². The zero-order valence-electron chi connectivity index (χ0n) is 11.0. The molecule has 0 aromatic heterocycles. The summed E-state index contributed by atoms with van der Waals surface area (Å²) in [5.74, 6) is -1.19. The minimum Gasteiger partial charge on any atom is -0.480 e. The third-order valence-corrected chi connectivity index (χ3v) is 3.72. The highest BCUT2D eigenvalue weighted by molar-refractivity contribution is 9.10. The minimum absolute atomic E-state index is 0.257. The molecule has 1 aromatic carbocycles. The number of carbonyl (C=O) groups is 1. The Balaban J connectivity index is 2.23. The average Bonchev–Trinajstić information content (AvgIpc) is 2.73. The molecule has 2 N–H and O–H groups in total. The molecule has 21 heavy (non-hydrogen) atoms. The number of rotatable bonds is 4. The van der Waals surface area contributed by atoms with E-state index in [-0.39, 0.29) is 5.92 Å². The van der Waals surface area contributed by atoms with E-state index < -0.39 is 12.0 Å². The molecule has 106 valence electrons. The molecule has 0 heterocycles. The Morgan fingerprint density at radius 2 is 1.95 bits per heavy atom. The van der Waals surface area contributed by atoms with Gasteiger partial charge in [-0.3, -0.25) is 0 Å². The van der Waals surface area contributed by atoms with Gasteiger partial charge in [0.1, 0.15) is 12.1 Å². The topological polar surface area (TPSA) is 73.1 Å². The predicted molar refractivity (Wildman–Crippen MR) is 84.8 cm³/mol. The number of anilines is 1. The fraction of sp³-hybridized carbons (Fsp3) is 0.125. The van der Waals surface area contributed by atoms with Crippen LogP contribution in [-0.2, 0) is 4.79 Å². The number of nitriles is 1. The van der Waals surface area contributed by atoms with E-state index in [1.165, 1.54) is 0 Å². The molecule has 0 saturated heterocycles. The Labute approximate surface area is 131 Å². The van der Waals surface area contributed by atoms with Crippen molar-refractivity contribution in [2.45, 2.75) is 6.04 Å². The summed E-state index contributed by atoms with van der Waals surface area (Å²) in [4.78, 5) is 11.5. The monoisotopic (exact) mass is 344 g/mol. The molecule has 5 heteroatoms. The average molecular weight is 345 g/mol. The number of allylic oxidation sites excluding steroid dienone is 4. The lowest BCUT2D eigenvalue weighted by atomic mass is 9.98. The van der Waals surface area contributed by atoms with Gasteiger partial charge in [-0.25, -0.2) is 4.79 Å². The largest absolute Gasteiger partial charge is 0.480 e. The van der Waals surface area contributed by atoms with E-state index in [9.17, 15) is 9.90 Å². The smallest absolute Gasteiger partial charge is 0.327 e. The number of carboxylic acids is 1. The van der Waals surface area contributed by atoms with Crippen molar-refractivity contribution in [1.82, 2.24) is 0 Å². The number of carboxylic acid groups (broad SMARTS) is 1. The van der Waals surface area contributed by atoms with E-state index in [1.807, 2.05) is 42.5 Å². The van der Waals surface area contributed by atoms with E-state index >= 15 is 0 Å². The number of benzene rings is 1. The molecule has 0 amide bonds. The van der Waals surface area contributed by atoms with E-state index in [2.05, 4.69) is 21.2 Å². The maximum atomic E-state index is 11.5. The Morgan fingerprint density at radius 1 is 1.29 bits per heavy atom. The molecule has 0 spiro atoms. The van der Waals surface area contributed by atoms with Crippen LogP contribution in [0.2, 0.25) is 0 Å². The first-order chi connectivity index (χ1) is 10.1. The van der Waals surface area contributed by atoms with Crippen molar-refractivity contribution < 1.29 is 9.90 Å². The molecular formula is C16H13BrN2O2. The molecule has 0 radical (unpaired) electrons. The quantitative estimate of drug-likeness (QED) is 0.876. The number of aliphatic carboxylic acids is 1. The molecule has 1 unspecified atom stereocenters. The summed E-state index contributed by atoms with van der Waals surface area (Å²) in [6.45, 7) is 0. The van der Waals surface area contributed by atoms with Gasteiger partial charge in [0.2, 0.25) is 0 Å². The highest BCUT2D eigenvalue weighted by Crippen LogP contribution is 2.23. The van der Waals surface area contributed by atoms with Gasteiger partial charge in [0.05, 0.1) is 5.56 Å². The number of halogens is 1. The third-order valence-electron chi connectivity index (χ3n) is 3.06. The maximum absolute atomic E-state index is 11.5. The van der Waals surface area contributed by atoms with Crippen molar-refractivity contribution in [3.8, 4) is 6.07 Å². The van der Waals surface area contributed by atoms with Crippen LogP contribution in [0.25, 0.3) is 0 Å². The van der Waals surface area contributed by atoms with Crippen molar-refractivity contribution >= 4 is 27.6 Å². The maximum Gasteiger partial charge on any atom is 0.327 e. The number of hydrogen-bond acceptors (Lipinski definition) is 3. The lowest BCUT2D eigenvalue weighted by Gasteiger charge is -2.20. The van der Waals surface area contributed by atoms with Crippen LogP contribution in [0.5, 0.6) is 0 Å². The molecule has 4 nitrogen and oxygen atoms in total. The van der Waals surface area contributed by atoms with Gasteiger partial charge in [0, 0.05) is 16.1 Å². The Bertz CT molecular complexity index is 655. The van der Waals surface area contributed by atoms with Crippen LogP contribution >= 0.6 is 15.9 Å². The summed E-state index contributed by atoms with van der Waals surface area (Å²) < 4.78 is 0.632. The molecule has 1 aliphatic carbocycles. The summed E-state index contributed by atoms with van der Waals surface area (Å²) in [6.07, 6.45) is 11.0. The van der Waals surface area contributed by atoms with Crippen LogP contribution in [-0.4, -0.2) is 17.1 Å². The van der Waals surface area contributed by atoms with E-state index in [4.69, 9.17) is 5.26 Å². The second-order valence-electron chi connectivity index (χ2n) is 4.50. The molecule has 1 atom stereocenters. The summed E-state index contributed by atoms with van der Waals surface area (Å²) >= 11 is 3.29. The summed E-state index contributed by atoms with van der Waals surface area (Å²) in [7, 11) is 0. The van der Waals surface area contributed by atoms with Gasteiger partial charge in [-0.15, -0.1) is 0 Å². The third kappa shape index (κ3) is 3.83. The Hall–Kier alpha value is -2.32. The van der Waals surface area contributed by atoms with Gasteiger partial charge >= 0.3 is 5.97 Å². The van der Waals surface area contributed by atoms with Gasteiger partial charge in [0.15, 0.2) is 0 Å². The van der Waals surface area contributed by atoms with E-state index in [0.29, 0.717) is 15.7 Å². The first-order valence-corrected chi connectivity index (χ1v) is 7.12. The molecule has 2 rings (SSSR count). The molecule has 0 saturated carbocycles. The van der Waals surface area contributed by atoms with E-state index in [0.717, 1.165) is 0 Å². The van der Waals surface area contributed by atoms with Gasteiger partial charge < -0.3 is 10.4 Å². The van der Waals surface area contributed by atoms with Crippen molar-refractivity contribution in [3.05, 3.63) is 64.7 Å². The molecular weight excluding hydrogens is 332 g/mol. The van der Waals surface area contributed by atoms with Crippen LogP contribution in [0.4, 0.5) is 5.69 Å². The van der Waals surface area contributed by atoms with Gasteiger partial charge in [-0.05, 0) is 34.1 Å². The normalized spacial score (nSPS) is 15.2. The number of hydrogen-bond donors (Lipinski definition) is 2. The summed E-state index contributed by atoms with van der Waals surface area (Å²) in [5.41, 5.74) is 1.15. The second kappa shape index (κ2) is 6.91. The molecule has 0 bridgehead atoms. The molecule has 1 aromatic rings. The summed E-state index contributed by atoms with van der Waals surface area (Å²) in [5, 5.41) is 21.3. The zero-order valence-corrected chi connectivity index (χ0v) is 12.6. The van der Waals surface area contributed by atoms with E-state index in [1.54, 1.807) is 18.2 Å². The van der Waals surface area contributed by atoms with Crippen LogP contribution in [0.15, 0.2) is 59.1 Å². The Morgan fingerprint density at radius 3 is 2.48 bits per heavy atom. The molecule has 0 fully saturated rings. The van der Waals surface area contributed by atoms with Crippen molar-refractivity contribution in [1.29, 1.82) is 5.26 Å². The first kappa shape index (κ1) is 15.1. The lowest BCUT2D eigenvalue weighted by molar-refractivity contribution is -0.138. The highest BCUT2D eigenvalue weighted by Gasteiger charge is 2.24. The number of nitrogens with one attached hydrogen (secondary N) is 1. The van der Waals surface area contributed by atoms with Gasteiger partial charge in [-0.2, -0.15) is 5.26 Å². The van der Waals surface area contributed by atoms with Crippen LogP contribution < -0.4 is 5.32 Å². The van der Waals surface area contributed by atoms with Crippen molar-refractivity contribution in [3.63, 3.8) is 0 Å². The van der Waals surface area contributed by atoms with Gasteiger partial charge in [-0.1, -0.05) is 36.5 Å². The fourth-order valence-electron chi connectivity index (χ4n) is 2.00. The van der Waals surface area contributed by atoms with Crippen LogP contribution in [0.1, 0.15) is 5.56 Å². The first-order valence-electron chi connectivity index (χ1n) is 6.32. The summed E-state index contributed by atoms with van der Waals surface area (Å²) in [6, 6.07) is 6.31. The fourth-order valence-corrected chi connectivity index (χ4v) is 2.46. The number of nitrogens with zero attached hydrogens (tertiary/aromatic N) is 1. The minimum atomic E-state index is -0.934. The molecule has 1 aliphatic rings. The highest BCUT2D eigenvalue weighted by atomic mass is 79.9. The van der Waals surface area contributed by atoms with Gasteiger partial charge in [0.25, 0.3) is 0 Å². The van der Waals surface area contributed by atoms with Crippen LogP contribution in [0, 0.1) is 17.2 Å². The van der Waals surface area contributed by atoms with Crippen molar-refractivity contribution in [2.24, 2.45) is 5.92 Å². The SMILES string of the molecule is N#Cc1ccc(NC(C(=O)O)C2C=CC=CC=C2)cc1Br. The van der Waals surface area contributed by atoms with Crippen LogP contribution in [0.3, 0.4) is 0 Å². The predicted octanol–water partition coefficient (Wildman–Crippen LogP) is 3.48. The zero-order chi connectivity index (χ0) is 15.2. The second-order valence-corrected chi connectivity index (χ2v) is 5.35.